The van der Waals surface area contributed by atoms with E-state index in [-0.39, 0.29) is 26.3 Å². The Balaban J connectivity index is 0.934. The van der Waals surface area contributed by atoms with Crippen LogP contribution in [0.1, 0.15) is 11.1 Å². The van der Waals surface area contributed by atoms with Gasteiger partial charge in [-0.2, -0.15) is 5.10 Å². The maximum Gasteiger partial charge on any atom is 0.475 e. The standard InChI is InChI=1S/C36H34FN8O7P/c37-33-19-30(44-22-31(52-36(44)47)21-43-16-15-39-41-43)12-13-32(33)29-11-14-34(38-20-29)42-17-18-45(40-26-42)35(46)25-51-53(48,49-23-27-7-3-1-4-8-27)50-24-28-9-5-2-6-10-28/h1-16,19-20,26,31H,17-18,21-25H2/t31-/m0/s1. The number of hydrogen-bond acceptors (Lipinski definition) is 12. The maximum absolute atomic E-state index is 15.3. The Morgan fingerprint density at radius 3 is 2.26 bits per heavy atom. The molecule has 1 fully saturated rings. The van der Waals surface area contributed by atoms with Gasteiger partial charge in [0.15, 0.2) is 0 Å². The average molecular weight is 741 g/mol. The van der Waals surface area contributed by atoms with E-state index in [0.29, 0.717) is 35.7 Å². The first-order chi connectivity index (χ1) is 25.8. The van der Waals surface area contributed by atoms with Gasteiger partial charge in [0.1, 0.15) is 30.7 Å². The quantitative estimate of drug-likeness (QED) is 0.130. The minimum absolute atomic E-state index is 0.0383. The molecule has 7 rings (SSSR count). The Hall–Kier alpha value is -5.80. The second-order valence-electron chi connectivity index (χ2n) is 12.0. The van der Waals surface area contributed by atoms with Crippen molar-refractivity contribution in [2.24, 2.45) is 5.10 Å². The highest BCUT2D eigenvalue weighted by Gasteiger charge is 2.33. The Morgan fingerprint density at radius 1 is 0.925 bits per heavy atom. The number of carbonyl (C=O) groups excluding carboxylic acids is 2. The zero-order valence-electron chi connectivity index (χ0n) is 28.3. The third-order valence-electron chi connectivity index (χ3n) is 8.34. The van der Waals surface area contributed by atoms with Gasteiger partial charge in [-0.1, -0.05) is 65.9 Å². The fraction of sp³-hybridized carbons (Fsp3) is 0.222. The normalized spacial score (nSPS) is 15.9. The van der Waals surface area contributed by atoms with E-state index in [2.05, 4.69) is 20.4 Å². The molecule has 0 aliphatic carbocycles. The molecule has 53 heavy (non-hydrogen) atoms. The second kappa shape index (κ2) is 16.3. The van der Waals surface area contributed by atoms with Gasteiger partial charge in [0.25, 0.3) is 5.91 Å². The number of carbonyl (C=O) groups is 2. The van der Waals surface area contributed by atoms with Crippen LogP contribution in [0.4, 0.5) is 20.7 Å². The number of amides is 2. The largest absolute Gasteiger partial charge is 0.475 e. The smallest absolute Gasteiger partial charge is 0.442 e. The van der Waals surface area contributed by atoms with E-state index in [0.717, 1.165) is 11.1 Å². The molecular weight excluding hydrogens is 706 g/mol. The number of ether oxygens (including phenoxy) is 1. The molecule has 0 radical (unpaired) electrons. The molecular formula is C36H34FN8O7P. The van der Waals surface area contributed by atoms with Gasteiger partial charge < -0.3 is 9.64 Å². The summed E-state index contributed by atoms with van der Waals surface area (Å²) in [6, 6.07) is 26.2. The van der Waals surface area contributed by atoms with Crippen molar-refractivity contribution in [3.63, 3.8) is 0 Å². The van der Waals surface area contributed by atoms with E-state index in [1.165, 1.54) is 34.7 Å². The monoisotopic (exact) mass is 740 g/mol. The van der Waals surface area contributed by atoms with E-state index in [1.807, 2.05) is 60.7 Å². The van der Waals surface area contributed by atoms with Gasteiger partial charge in [-0.05, 0) is 41.5 Å². The summed E-state index contributed by atoms with van der Waals surface area (Å²) in [5.41, 5.74) is 2.73. The first-order valence-corrected chi connectivity index (χ1v) is 18.1. The lowest BCUT2D eigenvalue weighted by molar-refractivity contribution is -0.134. The summed E-state index contributed by atoms with van der Waals surface area (Å²) < 4.78 is 52.5. The van der Waals surface area contributed by atoms with Gasteiger partial charge in [-0.3, -0.25) is 23.3 Å². The van der Waals surface area contributed by atoms with Crippen molar-refractivity contribution in [3.05, 3.63) is 127 Å². The van der Waals surface area contributed by atoms with Crippen LogP contribution in [0, 0.1) is 5.82 Å². The molecule has 1 saturated heterocycles. The molecule has 0 bridgehead atoms. The Kier molecular flexibility index (Phi) is 10.9. The summed E-state index contributed by atoms with van der Waals surface area (Å²) in [5.74, 6) is -0.534. The van der Waals surface area contributed by atoms with Crippen LogP contribution in [0.15, 0.2) is 115 Å². The molecule has 1 atom stereocenters. The summed E-state index contributed by atoms with van der Waals surface area (Å²) in [7, 11) is -4.15. The van der Waals surface area contributed by atoms with Crippen molar-refractivity contribution in [3.8, 4) is 11.1 Å². The third kappa shape index (κ3) is 8.99. The molecule has 2 aliphatic heterocycles. The Bertz CT molecular complexity index is 2040. The van der Waals surface area contributed by atoms with Gasteiger partial charge >= 0.3 is 13.9 Å². The molecule has 2 aliphatic rings. The topological polar surface area (TPSA) is 154 Å². The van der Waals surface area contributed by atoms with Crippen molar-refractivity contribution in [1.82, 2.24) is 25.0 Å². The first-order valence-electron chi connectivity index (χ1n) is 16.6. The van der Waals surface area contributed by atoms with E-state index in [9.17, 15) is 14.2 Å². The van der Waals surface area contributed by atoms with Crippen LogP contribution < -0.4 is 9.80 Å². The number of hydrogen-bond donors (Lipinski definition) is 0. The number of aromatic nitrogens is 4. The van der Waals surface area contributed by atoms with Gasteiger partial charge in [0.2, 0.25) is 0 Å². The Morgan fingerprint density at radius 2 is 1.66 bits per heavy atom. The fourth-order valence-corrected chi connectivity index (χ4v) is 6.68. The van der Waals surface area contributed by atoms with Gasteiger partial charge in [-0.15, -0.1) is 5.10 Å². The molecule has 0 N–H and O–H groups in total. The molecule has 2 amide bonds. The zero-order valence-corrected chi connectivity index (χ0v) is 29.2. The van der Waals surface area contributed by atoms with E-state index in [4.69, 9.17) is 18.3 Å². The van der Waals surface area contributed by atoms with Crippen LogP contribution in [0.3, 0.4) is 0 Å². The maximum atomic E-state index is 15.3. The molecule has 17 heteroatoms. The van der Waals surface area contributed by atoms with Crippen LogP contribution >= 0.6 is 7.82 Å². The zero-order chi connectivity index (χ0) is 36.6. The summed E-state index contributed by atoms with van der Waals surface area (Å²) in [5, 5.41) is 13.1. The first kappa shape index (κ1) is 35.6. The SMILES string of the molecule is O=C(COP(=O)(OCc1ccccc1)OCc1ccccc1)N1CCN(c2ccc(-c3ccc(N4C[C@H](Cn5ccnn5)OC4=O)cc3F)cn2)C=N1. The summed E-state index contributed by atoms with van der Waals surface area (Å²) >= 11 is 0. The van der Waals surface area contributed by atoms with Crippen LogP contribution in [-0.4, -0.2) is 75.7 Å². The van der Waals surface area contributed by atoms with Crippen molar-refractivity contribution in [2.45, 2.75) is 25.9 Å². The van der Waals surface area contributed by atoms with Gasteiger partial charge in [0, 0.05) is 30.1 Å². The van der Waals surface area contributed by atoms with Crippen molar-refractivity contribution < 1.29 is 36.9 Å². The van der Waals surface area contributed by atoms with E-state index < -0.39 is 38.4 Å². The number of benzene rings is 3. The van der Waals surface area contributed by atoms with Crippen LogP contribution in [-0.2, 0) is 47.4 Å². The minimum atomic E-state index is -4.15. The third-order valence-corrected chi connectivity index (χ3v) is 9.67. The average Bonchev–Trinajstić information content (AvgIpc) is 3.85. The van der Waals surface area contributed by atoms with Crippen molar-refractivity contribution >= 4 is 37.7 Å². The number of anilines is 2. The van der Waals surface area contributed by atoms with Gasteiger partial charge in [0.05, 0.1) is 44.7 Å². The predicted octanol–water partition coefficient (Wildman–Crippen LogP) is 5.65. The number of cyclic esters (lactones) is 1. The molecule has 0 unspecified atom stereocenters. The lowest BCUT2D eigenvalue weighted by Gasteiger charge is -2.28. The fourth-order valence-electron chi connectivity index (χ4n) is 5.57. The highest BCUT2D eigenvalue weighted by molar-refractivity contribution is 7.48. The molecule has 4 heterocycles. The summed E-state index contributed by atoms with van der Waals surface area (Å²) in [6.45, 7) is 0.460. The Labute approximate surface area is 303 Å². The number of rotatable bonds is 14. The number of pyridine rings is 1. The highest BCUT2D eigenvalue weighted by atomic mass is 31.2. The second-order valence-corrected chi connectivity index (χ2v) is 13.7. The van der Waals surface area contributed by atoms with Crippen LogP contribution in [0.5, 0.6) is 0 Å². The molecule has 0 saturated carbocycles. The minimum Gasteiger partial charge on any atom is -0.442 e. The lowest BCUT2D eigenvalue weighted by atomic mass is 10.1. The van der Waals surface area contributed by atoms with Crippen molar-refractivity contribution in [2.75, 3.05) is 36.0 Å². The number of phosphoric ester groups is 1. The predicted molar refractivity (Wildman–Crippen MR) is 191 cm³/mol. The van der Waals surface area contributed by atoms with Crippen LogP contribution in [0.2, 0.25) is 0 Å². The molecule has 3 aromatic carbocycles. The number of nitrogens with zero attached hydrogens (tertiary/aromatic N) is 8. The number of halogens is 1. The van der Waals surface area contributed by atoms with Crippen LogP contribution in [0.25, 0.3) is 11.1 Å². The number of phosphoric acid groups is 1. The molecule has 15 nitrogen and oxygen atoms in total. The van der Waals surface area contributed by atoms with Gasteiger partial charge in [-0.25, -0.2) is 28.4 Å². The summed E-state index contributed by atoms with van der Waals surface area (Å²) in [4.78, 5) is 33.1. The van der Waals surface area contributed by atoms with Crippen molar-refractivity contribution in [1.29, 1.82) is 0 Å². The molecule has 272 valence electrons. The highest BCUT2D eigenvalue weighted by Crippen LogP contribution is 2.51. The molecule has 2 aromatic heterocycles. The summed E-state index contributed by atoms with van der Waals surface area (Å²) in [6.07, 6.45) is 5.17. The lowest BCUT2D eigenvalue weighted by Crippen LogP contribution is -2.42. The van der Waals surface area contributed by atoms with E-state index >= 15 is 4.39 Å². The molecule has 5 aromatic rings. The number of hydrazone groups is 1. The molecule has 0 spiro atoms. The van der Waals surface area contributed by atoms with E-state index in [1.54, 1.807) is 40.0 Å².